The van der Waals surface area contributed by atoms with Crippen LogP contribution in [-0.2, 0) is 27.4 Å². The summed E-state index contributed by atoms with van der Waals surface area (Å²) in [6.07, 6.45) is 0. The van der Waals surface area contributed by atoms with Gasteiger partial charge in [-0.1, -0.05) is 24.3 Å². The first kappa shape index (κ1) is 16.7. The van der Waals surface area contributed by atoms with E-state index in [1.165, 1.54) is 0 Å². The smallest absolute Gasteiger partial charge is 0.323 e. The van der Waals surface area contributed by atoms with Gasteiger partial charge in [-0.25, -0.2) is 0 Å². The van der Waals surface area contributed by atoms with Crippen molar-refractivity contribution in [2.75, 3.05) is 7.11 Å². The van der Waals surface area contributed by atoms with Crippen LogP contribution < -0.4 is 5.32 Å². The maximum atomic E-state index is 11.8. The normalized spacial score (nSPS) is 13.1. The van der Waals surface area contributed by atoms with Gasteiger partial charge in [0.1, 0.15) is 11.6 Å². The van der Waals surface area contributed by atoms with Crippen molar-refractivity contribution in [1.29, 1.82) is 0 Å². The number of esters is 1. The summed E-state index contributed by atoms with van der Waals surface area (Å²) in [4.78, 5) is 11.8. The molecule has 0 radical (unpaired) electrons. The molecule has 0 bridgehead atoms. The highest BCUT2D eigenvalue weighted by atomic mass is 16.6. The molecule has 1 unspecified atom stereocenters. The van der Waals surface area contributed by atoms with Gasteiger partial charge in [0, 0.05) is 13.7 Å². The fourth-order valence-electron chi connectivity index (χ4n) is 1.74. The minimum Gasteiger partial charge on any atom is -0.459 e. The minimum absolute atomic E-state index is 0.231. The highest BCUT2D eigenvalue weighted by Gasteiger charge is 2.21. The molecule has 20 heavy (non-hydrogen) atoms. The summed E-state index contributed by atoms with van der Waals surface area (Å²) in [6.45, 7) is 8.63. The number of methoxy groups -OCH3 is 1. The Bertz CT molecular complexity index is 438. The Balaban J connectivity index is 2.50. The van der Waals surface area contributed by atoms with Gasteiger partial charge in [0.25, 0.3) is 0 Å². The number of nitrogens with one attached hydrogen (secondary N) is 1. The fourth-order valence-corrected chi connectivity index (χ4v) is 1.74. The number of hydrogen-bond acceptors (Lipinski definition) is 4. The van der Waals surface area contributed by atoms with Gasteiger partial charge in [-0.2, -0.15) is 0 Å². The van der Waals surface area contributed by atoms with E-state index in [0.717, 1.165) is 11.1 Å². The Morgan fingerprint density at radius 3 is 2.55 bits per heavy atom. The zero-order chi connectivity index (χ0) is 15.2. The van der Waals surface area contributed by atoms with Crippen molar-refractivity contribution in [2.24, 2.45) is 0 Å². The zero-order valence-corrected chi connectivity index (χ0v) is 13.0. The molecule has 1 aromatic rings. The third kappa shape index (κ3) is 6.17. The Morgan fingerprint density at radius 2 is 1.95 bits per heavy atom. The lowest BCUT2D eigenvalue weighted by Crippen LogP contribution is -2.38. The van der Waals surface area contributed by atoms with Gasteiger partial charge in [0.15, 0.2) is 0 Å². The zero-order valence-electron chi connectivity index (χ0n) is 13.0. The molecule has 0 heterocycles. The first-order valence-electron chi connectivity index (χ1n) is 6.85. The van der Waals surface area contributed by atoms with Crippen LogP contribution >= 0.6 is 0 Å². The van der Waals surface area contributed by atoms with Crippen LogP contribution in [0.4, 0.5) is 0 Å². The summed E-state index contributed by atoms with van der Waals surface area (Å²) in [7, 11) is 1.68. The number of ether oxygens (including phenoxy) is 2. The van der Waals surface area contributed by atoms with E-state index in [0.29, 0.717) is 13.2 Å². The largest absolute Gasteiger partial charge is 0.459 e. The van der Waals surface area contributed by atoms with E-state index in [2.05, 4.69) is 11.4 Å². The molecule has 0 amide bonds. The van der Waals surface area contributed by atoms with E-state index in [4.69, 9.17) is 9.47 Å². The number of rotatable bonds is 6. The van der Waals surface area contributed by atoms with Gasteiger partial charge < -0.3 is 14.8 Å². The van der Waals surface area contributed by atoms with E-state index in [-0.39, 0.29) is 12.0 Å². The molecule has 112 valence electrons. The molecule has 0 aromatic heterocycles. The first-order chi connectivity index (χ1) is 9.31. The molecular formula is C16H25NO3. The van der Waals surface area contributed by atoms with Crippen molar-refractivity contribution in [2.45, 2.75) is 52.5 Å². The van der Waals surface area contributed by atoms with Crippen molar-refractivity contribution in [1.82, 2.24) is 5.32 Å². The maximum Gasteiger partial charge on any atom is 0.323 e. The molecule has 0 aliphatic heterocycles. The Labute approximate surface area is 121 Å². The number of hydrogen-bond donors (Lipinski definition) is 1. The van der Waals surface area contributed by atoms with Crippen LogP contribution in [0.1, 0.15) is 38.8 Å². The van der Waals surface area contributed by atoms with Crippen molar-refractivity contribution in [3.63, 3.8) is 0 Å². The lowest BCUT2D eigenvalue weighted by atomic mass is 10.1. The second-order valence-electron chi connectivity index (χ2n) is 5.89. The average molecular weight is 279 g/mol. The van der Waals surface area contributed by atoms with Crippen LogP contribution in [0.25, 0.3) is 0 Å². The van der Waals surface area contributed by atoms with E-state index in [1.807, 2.05) is 45.9 Å². The van der Waals surface area contributed by atoms with E-state index >= 15 is 0 Å². The summed E-state index contributed by atoms with van der Waals surface area (Å²) in [5, 5.41) is 3.18. The lowest BCUT2D eigenvalue weighted by Gasteiger charge is -2.22. The summed E-state index contributed by atoms with van der Waals surface area (Å²) in [5.41, 5.74) is 1.79. The first-order valence-corrected chi connectivity index (χ1v) is 6.85. The average Bonchev–Trinajstić information content (AvgIpc) is 2.35. The Hall–Kier alpha value is -1.39. The predicted molar refractivity (Wildman–Crippen MR) is 79.3 cm³/mol. The molecule has 1 aromatic carbocycles. The monoisotopic (exact) mass is 279 g/mol. The van der Waals surface area contributed by atoms with Gasteiger partial charge >= 0.3 is 5.97 Å². The number of benzene rings is 1. The molecule has 0 aliphatic rings. The van der Waals surface area contributed by atoms with Crippen LogP contribution in [0.5, 0.6) is 0 Å². The van der Waals surface area contributed by atoms with Gasteiger partial charge in [-0.05, 0) is 38.8 Å². The highest BCUT2D eigenvalue weighted by molar-refractivity contribution is 5.75. The third-order valence-corrected chi connectivity index (χ3v) is 2.68. The van der Waals surface area contributed by atoms with Crippen LogP contribution in [0.2, 0.25) is 0 Å². The van der Waals surface area contributed by atoms with E-state index in [9.17, 15) is 4.79 Å². The number of carbonyl (C=O) groups excluding carboxylic acids is 1. The molecule has 0 saturated carbocycles. The Morgan fingerprint density at radius 1 is 1.30 bits per heavy atom. The van der Waals surface area contributed by atoms with E-state index < -0.39 is 5.60 Å². The van der Waals surface area contributed by atoms with Gasteiger partial charge in [-0.15, -0.1) is 0 Å². The second-order valence-corrected chi connectivity index (χ2v) is 5.89. The van der Waals surface area contributed by atoms with Crippen molar-refractivity contribution >= 4 is 5.97 Å². The van der Waals surface area contributed by atoms with Crippen LogP contribution in [0, 0.1) is 0 Å². The fraction of sp³-hybridized carbons (Fsp3) is 0.562. The standard InChI is InChI=1S/C16H25NO3/c1-12(15(18)20-16(2,3)4)17-10-13-7-6-8-14(9-13)11-19-5/h6-9,12,17H,10-11H2,1-5H3. The van der Waals surface area contributed by atoms with Crippen molar-refractivity contribution in [3.05, 3.63) is 35.4 Å². The second kappa shape index (κ2) is 7.41. The molecule has 1 atom stereocenters. The molecule has 0 spiro atoms. The molecule has 0 saturated heterocycles. The molecule has 0 aliphatic carbocycles. The summed E-state index contributed by atoms with van der Waals surface area (Å²) >= 11 is 0. The quantitative estimate of drug-likeness (QED) is 0.813. The lowest BCUT2D eigenvalue weighted by molar-refractivity contribution is -0.157. The van der Waals surface area contributed by atoms with Crippen LogP contribution in [0.3, 0.4) is 0 Å². The summed E-state index contributed by atoms with van der Waals surface area (Å²) in [5.74, 6) is -0.231. The van der Waals surface area contributed by atoms with Crippen molar-refractivity contribution in [3.8, 4) is 0 Å². The topological polar surface area (TPSA) is 47.6 Å². The van der Waals surface area contributed by atoms with E-state index in [1.54, 1.807) is 7.11 Å². The molecule has 0 fully saturated rings. The molecule has 4 heteroatoms. The van der Waals surface area contributed by atoms with Gasteiger partial charge in [-0.3, -0.25) is 4.79 Å². The maximum absolute atomic E-state index is 11.8. The SMILES string of the molecule is COCc1cccc(CNC(C)C(=O)OC(C)(C)C)c1. The van der Waals surface area contributed by atoms with Gasteiger partial charge in [0.05, 0.1) is 6.61 Å². The van der Waals surface area contributed by atoms with Crippen LogP contribution in [0.15, 0.2) is 24.3 Å². The number of carbonyl (C=O) groups is 1. The van der Waals surface area contributed by atoms with Crippen LogP contribution in [-0.4, -0.2) is 24.7 Å². The molecule has 1 N–H and O–H groups in total. The highest BCUT2D eigenvalue weighted by Crippen LogP contribution is 2.09. The Kier molecular flexibility index (Phi) is 6.17. The summed E-state index contributed by atoms with van der Waals surface area (Å²) in [6, 6.07) is 7.76. The van der Waals surface area contributed by atoms with Gasteiger partial charge in [0.2, 0.25) is 0 Å². The molecule has 4 nitrogen and oxygen atoms in total. The third-order valence-electron chi connectivity index (χ3n) is 2.68. The molecular weight excluding hydrogens is 254 g/mol. The predicted octanol–water partition coefficient (Wildman–Crippen LogP) is 2.65. The van der Waals surface area contributed by atoms with Crippen molar-refractivity contribution < 1.29 is 14.3 Å². The minimum atomic E-state index is -0.453. The summed E-state index contributed by atoms with van der Waals surface area (Å²) < 4.78 is 10.4. The molecule has 1 rings (SSSR count).